The first-order valence-corrected chi connectivity index (χ1v) is 8.98. The van der Waals surface area contributed by atoms with Gasteiger partial charge >= 0.3 is 0 Å². The monoisotopic (exact) mass is 354 g/mol. The van der Waals surface area contributed by atoms with E-state index in [4.69, 9.17) is 4.18 Å². The Labute approximate surface area is 144 Å². The molecule has 4 rings (SSSR count). The molecule has 1 aliphatic heterocycles. The van der Waals surface area contributed by atoms with Gasteiger partial charge < -0.3 is 10.2 Å². The third-order valence-electron chi connectivity index (χ3n) is 4.26. The SMILES string of the molecule is O=S1(=O)OC(c2ccccc2)(c2cc(O)cc(O)c2)c2ccccc21. The van der Waals surface area contributed by atoms with E-state index in [1.807, 2.05) is 6.07 Å². The lowest BCUT2D eigenvalue weighted by atomic mass is 9.80. The summed E-state index contributed by atoms with van der Waals surface area (Å²) in [6, 6.07) is 19.3. The van der Waals surface area contributed by atoms with E-state index >= 15 is 0 Å². The third-order valence-corrected chi connectivity index (χ3v) is 5.62. The fourth-order valence-electron chi connectivity index (χ4n) is 3.28. The number of hydrogen-bond donors (Lipinski definition) is 2. The molecule has 0 amide bonds. The summed E-state index contributed by atoms with van der Waals surface area (Å²) in [5, 5.41) is 19.9. The molecule has 0 fully saturated rings. The van der Waals surface area contributed by atoms with Crippen molar-refractivity contribution < 1.29 is 22.8 Å². The first-order valence-electron chi connectivity index (χ1n) is 7.58. The second-order valence-corrected chi connectivity index (χ2v) is 7.33. The molecule has 3 aromatic carbocycles. The number of fused-ring (bicyclic) bond motifs is 1. The Balaban J connectivity index is 2.13. The maximum atomic E-state index is 12.6. The van der Waals surface area contributed by atoms with Crippen molar-refractivity contribution in [2.45, 2.75) is 10.5 Å². The van der Waals surface area contributed by atoms with Gasteiger partial charge in [0.15, 0.2) is 5.60 Å². The first kappa shape index (κ1) is 15.7. The lowest BCUT2D eigenvalue weighted by Crippen LogP contribution is -2.29. The Morgan fingerprint density at radius 1 is 0.760 bits per heavy atom. The molecule has 5 nitrogen and oxygen atoms in total. The van der Waals surface area contributed by atoms with Crippen LogP contribution >= 0.6 is 0 Å². The molecule has 0 saturated heterocycles. The van der Waals surface area contributed by atoms with E-state index in [1.165, 1.54) is 24.3 Å². The van der Waals surface area contributed by atoms with Gasteiger partial charge in [-0.15, -0.1) is 0 Å². The Morgan fingerprint density at radius 3 is 2.04 bits per heavy atom. The van der Waals surface area contributed by atoms with Gasteiger partial charge in [0.1, 0.15) is 16.4 Å². The molecule has 25 heavy (non-hydrogen) atoms. The Kier molecular flexibility index (Phi) is 3.35. The highest BCUT2D eigenvalue weighted by molar-refractivity contribution is 7.87. The Bertz CT molecular complexity index is 1040. The zero-order valence-corrected chi connectivity index (χ0v) is 13.8. The normalized spacial score (nSPS) is 21.0. The van der Waals surface area contributed by atoms with Crippen LogP contribution in [0.5, 0.6) is 11.5 Å². The maximum absolute atomic E-state index is 12.6. The summed E-state index contributed by atoms with van der Waals surface area (Å²) in [7, 11) is -4.00. The molecule has 0 radical (unpaired) electrons. The maximum Gasteiger partial charge on any atom is 0.298 e. The first-order chi connectivity index (χ1) is 11.9. The predicted molar refractivity (Wildman–Crippen MR) is 90.8 cm³/mol. The average molecular weight is 354 g/mol. The molecule has 0 aliphatic carbocycles. The van der Waals surface area contributed by atoms with E-state index in [-0.39, 0.29) is 16.4 Å². The molecule has 0 aromatic heterocycles. The summed E-state index contributed by atoms with van der Waals surface area (Å²) < 4.78 is 30.9. The molecule has 2 N–H and O–H groups in total. The van der Waals surface area contributed by atoms with Gasteiger partial charge in [0.2, 0.25) is 0 Å². The molecule has 0 spiro atoms. The van der Waals surface area contributed by atoms with Gasteiger partial charge in [0.25, 0.3) is 10.1 Å². The second-order valence-electron chi connectivity index (χ2n) is 5.82. The van der Waals surface area contributed by atoms with E-state index in [9.17, 15) is 18.6 Å². The number of phenolic OH excluding ortho intramolecular Hbond substituents is 2. The van der Waals surface area contributed by atoms with Crippen molar-refractivity contribution in [3.8, 4) is 11.5 Å². The Morgan fingerprint density at radius 2 is 1.36 bits per heavy atom. The highest BCUT2D eigenvalue weighted by atomic mass is 32.2. The van der Waals surface area contributed by atoms with Crippen LogP contribution < -0.4 is 0 Å². The fourth-order valence-corrected chi connectivity index (χ4v) is 4.70. The molecular formula is C19H14O5S. The van der Waals surface area contributed by atoms with E-state index in [0.29, 0.717) is 16.7 Å². The lowest BCUT2D eigenvalue weighted by Gasteiger charge is -2.29. The van der Waals surface area contributed by atoms with Crippen molar-refractivity contribution in [1.29, 1.82) is 0 Å². The molecule has 6 heteroatoms. The number of phenols is 2. The van der Waals surface area contributed by atoms with Gasteiger partial charge in [-0.25, -0.2) is 4.18 Å². The fraction of sp³-hybridized carbons (Fsp3) is 0.0526. The van der Waals surface area contributed by atoms with Crippen LogP contribution in [0.25, 0.3) is 0 Å². The zero-order valence-electron chi connectivity index (χ0n) is 13.0. The van der Waals surface area contributed by atoms with E-state index in [1.54, 1.807) is 42.5 Å². The van der Waals surface area contributed by atoms with E-state index in [2.05, 4.69) is 0 Å². The van der Waals surface area contributed by atoms with Crippen LogP contribution in [0.1, 0.15) is 16.7 Å². The largest absolute Gasteiger partial charge is 0.508 e. The van der Waals surface area contributed by atoms with Crippen molar-refractivity contribution in [2.24, 2.45) is 0 Å². The van der Waals surface area contributed by atoms with Crippen molar-refractivity contribution in [3.63, 3.8) is 0 Å². The Hall–Kier alpha value is -2.83. The van der Waals surface area contributed by atoms with Gasteiger partial charge in [-0.1, -0.05) is 48.5 Å². The summed E-state index contributed by atoms with van der Waals surface area (Å²) in [6.07, 6.45) is 0. The van der Waals surface area contributed by atoms with Crippen LogP contribution in [-0.2, 0) is 19.9 Å². The van der Waals surface area contributed by atoms with Gasteiger partial charge in [0.05, 0.1) is 0 Å². The summed E-state index contributed by atoms with van der Waals surface area (Å²) in [6.45, 7) is 0. The molecule has 1 atom stereocenters. The highest BCUT2D eigenvalue weighted by Crippen LogP contribution is 2.51. The van der Waals surface area contributed by atoms with E-state index in [0.717, 1.165) is 0 Å². The van der Waals surface area contributed by atoms with Crippen molar-refractivity contribution in [1.82, 2.24) is 0 Å². The third kappa shape index (κ3) is 2.30. The number of benzene rings is 3. The molecule has 0 bridgehead atoms. The molecule has 1 aliphatic rings. The van der Waals surface area contributed by atoms with Crippen LogP contribution in [0, 0.1) is 0 Å². The second kappa shape index (κ2) is 5.34. The summed E-state index contributed by atoms with van der Waals surface area (Å²) in [5.41, 5.74) is -0.142. The van der Waals surface area contributed by atoms with Crippen LogP contribution in [0.4, 0.5) is 0 Å². The van der Waals surface area contributed by atoms with Gasteiger partial charge in [-0.3, -0.25) is 0 Å². The molecule has 126 valence electrons. The topological polar surface area (TPSA) is 83.8 Å². The van der Waals surface area contributed by atoms with Crippen molar-refractivity contribution >= 4 is 10.1 Å². The molecule has 3 aromatic rings. The molecule has 1 heterocycles. The van der Waals surface area contributed by atoms with Crippen LogP contribution in [0.2, 0.25) is 0 Å². The van der Waals surface area contributed by atoms with Crippen LogP contribution in [0.3, 0.4) is 0 Å². The molecule has 0 saturated carbocycles. The standard InChI is InChI=1S/C19H14O5S/c20-15-10-14(11-16(21)12-15)19(13-6-2-1-3-7-13)17-8-4-5-9-18(17)25(22,23)24-19/h1-12,20-21H. The van der Waals surface area contributed by atoms with Crippen LogP contribution in [-0.4, -0.2) is 18.6 Å². The van der Waals surface area contributed by atoms with Crippen molar-refractivity contribution in [2.75, 3.05) is 0 Å². The van der Waals surface area contributed by atoms with Crippen molar-refractivity contribution in [3.05, 3.63) is 89.5 Å². The van der Waals surface area contributed by atoms with E-state index < -0.39 is 15.7 Å². The average Bonchev–Trinajstić information content (AvgIpc) is 2.84. The molecular weight excluding hydrogens is 340 g/mol. The summed E-state index contributed by atoms with van der Waals surface area (Å²) in [4.78, 5) is 0.0710. The minimum absolute atomic E-state index is 0.0710. The summed E-state index contributed by atoms with van der Waals surface area (Å²) in [5.74, 6) is -0.369. The number of aromatic hydroxyl groups is 2. The van der Waals surface area contributed by atoms with Gasteiger partial charge in [-0.2, -0.15) is 8.42 Å². The highest BCUT2D eigenvalue weighted by Gasteiger charge is 2.51. The predicted octanol–water partition coefficient (Wildman–Crippen LogP) is 3.11. The zero-order chi connectivity index (χ0) is 17.7. The smallest absolute Gasteiger partial charge is 0.298 e. The van der Waals surface area contributed by atoms with Gasteiger partial charge in [-0.05, 0) is 23.8 Å². The van der Waals surface area contributed by atoms with Gasteiger partial charge in [0, 0.05) is 17.2 Å². The van der Waals surface area contributed by atoms with Crippen LogP contribution in [0.15, 0.2) is 77.7 Å². The summed E-state index contributed by atoms with van der Waals surface area (Å²) >= 11 is 0. The number of hydrogen-bond acceptors (Lipinski definition) is 5. The minimum Gasteiger partial charge on any atom is -0.508 e. The lowest BCUT2D eigenvalue weighted by molar-refractivity contribution is 0.179. The minimum atomic E-state index is -4.00. The quantitative estimate of drug-likeness (QED) is 0.691. The number of rotatable bonds is 2. The molecule has 1 unspecified atom stereocenters.